The van der Waals surface area contributed by atoms with E-state index in [2.05, 4.69) is 24.2 Å². The van der Waals surface area contributed by atoms with Gasteiger partial charge in [0, 0.05) is 28.8 Å². The Kier molecular flexibility index (Phi) is 6.23. The minimum Gasteiger partial charge on any atom is -0.380 e. The van der Waals surface area contributed by atoms with Crippen LogP contribution in [0.2, 0.25) is 5.02 Å². The van der Waals surface area contributed by atoms with Crippen molar-refractivity contribution in [2.75, 3.05) is 19.0 Å². The van der Waals surface area contributed by atoms with Gasteiger partial charge >= 0.3 is 0 Å². The lowest BCUT2D eigenvalue weighted by molar-refractivity contribution is 0.185. The molecule has 5 heteroatoms. The highest BCUT2D eigenvalue weighted by Crippen LogP contribution is 2.25. The lowest BCUT2D eigenvalue weighted by Crippen LogP contribution is -2.28. The fraction of sp³-hybridized carbons (Fsp3) is 0.316. The molecule has 0 aromatic heterocycles. The van der Waals surface area contributed by atoms with Gasteiger partial charge in [0.15, 0.2) is 5.96 Å². The van der Waals surface area contributed by atoms with Crippen molar-refractivity contribution in [2.24, 2.45) is 10.7 Å². The average Bonchev–Trinajstić information content (AvgIpc) is 2.56. The molecule has 0 aliphatic heterocycles. The molecule has 2 rings (SSSR count). The molecule has 2 aromatic rings. The fourth-order valence-electron chi connectivity index (χ4n) is 2.38. The average molecular weight is 346 g/mol. The second-order valence-electron chi connectivity index (χ2n) is 6.31. The second-order valence-corrected chi connectivity index (χ2v) is 6.74. The van der Waals surface area contributed by atoms with Crippen molar-refractivity contribution in [2.45, 2.75) is 25.9 Å². The van der Waals surface area contributed by atoms with E-state index < -0.39 is 0 Å². The van der Waals surface area contributed by atoms with Gasteiger partial charge in [-0.05, 0) is 23.8 Å². The second kappa shape index (κ2) is 8.18. The van der Waals surface area contributed by atoms with Crippen molar-refractivity contribution in [1.82, 2.24) is 0 Å². The Balaban J connectivity index is 2.07. The summed E-state index contributed by atoms with van der Waals surface area (Å²) in [5, 5.41) is 3.89. The molecular weight excluding hydrogens is 322 g/mol. The monoisotopic (exact) mass is 345 g/mol. The number of nitrogens with zero attached hydrogens (tertiary/aromatic N) is 1. The number of guanidine groups is 1. The van der Waals surface area contributed by atoms with Crippen molar-refractivity contribution < 1.29 is 4.74 Å². The van der Waals surface area contributed by atoms with Crippen LogP contribution in [0.25, 0.3) is 0 Å². The van der Waals surface area contributed by atoms with E-state index in [1.165, 1.54) is 5.56 Å². The molecule has 0 aliphatic carbocycles. The van der Waals surface area contributed by atoms with Crippen LogP contribution >= 0.6 is 11.6 Å². The van der Waals surface area contributed by atoms with Gasteiger partial charge in [0.25, 0.3) is 0 Å². The first-order valence-electron chi connectivity index (χ1n) is 7.82. The zero-order chi connectivity index (χ0) is 17.6. The lowest BCUT2D eigenvalue weighted by Gasteiger charge is -2.23. The molecule has 0 aliphatic rings. The number of aliphatic imine (C=N–C) groups is 1. The summed E-state index contributed by atoms with van der Waals surface area (Å²) in [6, 6.07) is 15.7. The first-order chi connectivity index (χ1) is 11.4. The number of nitrogens with two attached hydrogens (primary N) is 1. The van der Waals surface area contributed by atoms with Crippen LogP contribution in [0.3, 0.4) is 0 Å². The van der Waals surface area contributed by atoms with E-state index in [4.69, 9.17) is 22.1 Å². The third kappa shape index (κ3) is 4.98. The molecule has 24 heavy (non-hydrogen) atoms. The number of ether oxygens (including phenoxy) is 1. The maximum atomic E-state index is 6.06. The molecule has 0 radical (unpaired) electrons. The summed E-state index contributed by atoms with van der Waals surface area (Å²) in [5.74, 6) is 0.389. The van der Waals surface area contributed by atoms with Crippen molar-refractivity contribution in [3.05, 3.63) is 64.7 Å². The largest absolute Gasteiger partial charge is 0.380 e. The van der Waals surface area contributed by atoms with Gasteiger partial charge in [0.1, 0.15) is 0 Å². The van der Waals surface area contributed by atoms with Gasteiger partial charge in [0.2, 0.25) is 0 Å². The number of hydrogen-bond acceptors (Lipinski definition) is 2. The van der Waals surface area contributed by atoms with Crippen LogP contribution < -0.4 is 11.1 Å². The number of hydrogen-bond donors (Lipinski definition) is 2. The van der Waals surface area contributed by atoms with Crippen LogP contribution in [0, 0.1) is 0 Å². The third-order valence-corrected chi connectivity index (χ3v) is 4.10. The van der Waals surface area contributed by atoms with Crippen LogP contribution in [0.15, 0.2) is 53.5 Å². The summed E-state index contributed by atoms with van der Waals surface area (Å²) in [6.07, 6.45) is 0. The van der Waals surface area contributed by atoms with Crippen LogP contribution in [0.1, 0.15) is 25.0 Å². The lowest BCUT2D eigenvalue weighted by atomic mass is 9.85. The van der Waals surface area contributed by atoms with Crippen LogP contribution in [0.4, 0.5) is 5.69 Å². The standard InChI is InChI=1S/C19H24ClN3O/c1-19(2,15-8-10-16(20)11-9-15)13-22-18(21)23-17-7-5-4-6-14(17)12-24-3/h4-11H,12-13H2,1-3H3,(H3,21,22,23). The minimum absolute atomic E-state index is 0.136. The highest BCUT2D eigenvalue weighted by Gasteiger charge is 2.20. The first-order valence-corrected chi connectivity index (χ1v) is 8.20. The molecule has 128 valence electrons. The quantitative estimate of drug-likeness (QED) is 0.609. The van der Waals surface area contributed by atoms with Crippen molar-refractivity contribution in [3.63, 3.8) is 0 Å². The number of para-hydroxylation sites is 1. The van der Waals surface area contributed by atoms with Crippen molar-refractivity contribution in [3.8, 4) is 0 Å². The molecule has 0 amide bonds. The molecule has 0 saturated carbocycles. The molecular formula is C19H24ClN3O. The Morgan fingerprint density at radius 1 is 1.17 bits per heavy atom. The topological polar surface area (TPSA) is 59.6 Å². The van der Waals surface area contributed by atoms with E-state index in [0.29, 0.717) is 19.1 Å². The molecule has 0 saturated heterocycles. The highest BCUT2D eigenvalue weighted by molar-refractivity contribution is 6.30. The van der Waals surface area contributed by atoms with E-state index in [1.807, 2.05) is 48.5 Å². The number of methoxy groups -OCH3 is 1. The Morgan fingerprint density at radius 2 is 1.83 bits per heavy atom. The van der Waals surface area contributed by atoms with Gasteiger partial charge in [0.05, 0.1) is 13.2 Å². The number of anilines is 1. The predicted octanol–water partition coefficient (Wildman–Crippen LogP) is 4.19. The molecule has 0 heterocycles. The van der Waals surface area contributed by atoms with E-state index in [1.54, 1.807) is 7.11 Å². The van der Waals surface area contributed by atoms with Gasteiger partial charge in [-0.3, -0.25) is 4.99 Å². The Morgan fingerprint density at radius 3 is 2.50 bits per heavy atom. The molecule has 0 bridgehead atoms. The van der Waals surface area contributed by atoms with Gasteiger partial charge in [-0.25, -0.2) is 0 Å². The van der Waals surface area contributed by atoms with Crippen LogP contribution in [-0.2, 0) is 16.8 Å². The zero-order valence-corrected chi connectivity index (χ0v) is 15.1. The highest BCUT2D eigenvalue weighted by atomic mass is 35.5. The summed E-state index contributed by atoms with van der Waals surface area (Å²) in [4.78, 5) is 4.50. The normalized spacial score (nSPS) is 12.2. The van der Waals surface area contributed by atoms with Crippen molar-refractivity contribution >= 4 is 23.2 Å². The van der Waals surface area contributed by atoms with Gasteiger partial charge in [-0.2, -0.15) is 0 Å². The first kappa shape index (κ1) is 18.3. The molecule has 0 spiro atoms. The molecule has 4 nitrogen and oxygen atoms in total. The van der Waals surface area contributed by atoms with E-state index >= 15 is 0 Å². The summed E-state index contributed by atoms with van der Waals surface area (Å²) < 4.78 is 5.20. The third-order valence-electron chi connectivity index (χ3n) is 3.85. The SMILES string of the molecule is COCc1ccccc1NC(N)=NCC(C)(C)c1ccc(Cl)cc1. The summed E-state index contributed by atoms with van der Waals surface area (Å²) >= 11 is 5.95. The predicted molar refractivity (Wildman–Crippen MR) is 102 cm³/mol. The maximum Gasteiger partial charge on any atom is 0.193 e. The van der Waals surface area contributed by atoms with Crippen molar-refractivity contribution in [1.29, 1.82) is 0 Å². The summed E-state index contributed by atoms with van der Waals surface area (Å²) in [5.41, 5.74) is 9.04. The Hall–Kier alpha value is -2.04. The van der Waals surface area contributed by atoms with E-state index in [0.717, 1.165) is 16.3 Å². The fourth-order valence-corrected chi connectivity index (χ4v) is 2.50. The zero-order valence-electron chi connectivity index (χ0n) is 14.3. The number of nitrogens with one attached hydrogen (secondary N) is 1. The molecule has 0 fully saturated rings. The minimum atomic E-state index is -0.136. The Labute approximate surface area is 148 Å². The summed E-state index contributed by atoms with van der Waals surface area (Å²) in [6.45, 7) is 5.35. The smallest absolute Gasteiger partial charge is 0.193 e. The Bertz CT molecular complexity index is 696. The summed E-state index contributed by atoms with van der Waals surface area (Å²) in [7, 11) is 1.67. The number of rotatable bonds is 6. The number of halogens is 1. The number of benzene rings is 2. The van der Waals surface area contributed by atoms with Crippen LogP contribution in [0.5, 0.6) is 0 Å². The van der Waals surface area contributed by atoms with Gasteiger partial charge < -0.3 is 15.8 Å². The maximum absolute atomic E-state index is 6.06. The van der Waals surface area contributed by atoms with Gasteiger partial charge in [-0.1, -0.05) is 55.8 Å². The van der Waals surface area contributed by atoms with E-state index in [9.17, 15) is 0 Å². The van der Waals surface area contributed by atoms with Crippen LogP contribution in [-0.4, -0.2) is 19.6 Å². The molecule has 0 atom stereocenters. The molecule has 3 N–H and O–H groups in total. The van der Waals surface area contributed by atoms with E-state index in [-0.39, 0.29) is 5.41 Å². The molecule has 0 unspecified atom stereocenters. The molecule has 2 aromatic carbocycles. The van der Waals surface area contributed by atoms with Gasteiger partial charge in [-0.15, -0.1) is 0 Å².